The van der Waals surface area contributed by atoms with Crippen molar-refractivity contribution in [3.8, 4) is 11.3 Å². The molecule has 1 saturated heterocycles. The molecule has 1 amide bonds. The van der Waals surface area contributed by atoms with E-state index in [0.29, 0.717) is 28.8 Å². The summed E-state index contributed by atoms with van der Waals surface area (Å²) in [7, 11) is 5.47. The minimum absolute atomic E-state index is 0.318. The molecule has 1 aromatic carbocycles. The van der Waals surface area contributed by atoms with Crippen LogP contribution in [0.4, 0.5) is 21.8 Å². The first-order valence-electron chi connectivity index (χ1n) is 10.3. The lowest BCUT2D eigenvalue weighted by atomic mass is 10.1. The molecule has 162 valence electrons. The number of hydrogen-bond donors (Lipinski definition) is 1. The van der Waals surface area contributed by atoms with Gasteiger partial charge < -0.3 is 15.1 Å². The zero-order chi connectivity index (χ0) is 22.0. The van der Waals surface area contributed by atoms with E-state index in [4.69, 9.17) is 4.98 Å². The maximum absolute atomic E-state index is 13.2. The molecule has 0 radical (unpaired) electrons. The third-order valence-electron chi connectivity index (χ3n) is 5.32. The molecular weight excluding hydrogens is 397 g/mol. The maximum Gasteiger partial charge on any atom is 0.274 e. The summed E-state index contributed by atoms with van der Waals surface area (Å²) >= 11 is 0. The molecule has 1 aliphatic heterocycles. The van der Waals surface area contributed by atoms with E-state index in [9.17, 15) is 9.18 Å². The van der Waals surface area contributed by atoms with Gasteiger partial charge in [0, 0.05) is 39.8 Å². The lowest BCUT2D eigenvalue weighted by molar-refractivity contribution is 0.101. The average molecular weight is 423 g/mol. The van der Waals surface area contributed by atoms with Crippen LogP contribution in [0.1, 0.15) is 29.8 Å². The van der Waals surface area contributed by atoms with Crippen molar-refractivity contribution in [2.24, 2.45) is 7.05 Å². The molecule has 3 heterocycles. The summed E-state index contributed by atoms with van der Waals surface area (Å²) in [6.45, 7) is 1.89. The highest BCUT2D eigenvalue weighted by Crippen LogP contribution is 2.26. The van der Waals surface area contributed by atoms with E-state index in [-0.39, 0.29) is 11.7 Å². The van der Waals surface area contributed by atoms with Crippen molar-refractivity contribution in [3.63, 3.8) is 0 Å². The molecule has 9 heteroatoms. The predicted molar refractivity (Wildman–Crippen MR) is 119 cm³/mol. The van der Waals surface area contributed by atoms with Crippen molar-refractivity contribution in [1.82, 2.24) is 19.7 Å². The minimum atomic E-state index is -0.319. The van der Waals surface area contributed by atoms with E-state index in [0.717, 1.165) is 31.5 Å². The highest BCUT2D eigenvalue weighted by molar-refractivity contribution is 6.05. The Morgan fingerprint density at radius 2 is 1.84 bits per heavy atom. The number of nitrogens with zero attached hydrogens (tertiary/aromatic N) is 6. The largest absolute Gasteiger partial charge is 0.361 e. The number of aryl methyl sites for hydroxylation is 1. The highest BCUT2D eigenvalue weighted by Gasteiger charge is 2.20. The van der Waals surface area contributed by atoms with Crippen molar-refractivity contribution < 1.29 is 9.18 Å². The number of aromatic nitrogens is 4. The first-order chi connectivity index (χ1) is 14.9. The van der Waals surface area contributed by atoms with Gasteiger partial charge in [-0.05, 0) is 49.6 Å². The quantitative estimate of drug-likeness (QED) is 0.678. The molecule has 0 aliphatic carbocycles. The van der Waals surface area contributed by atoms with Gasteiger partial charge in [0.2, 0.25) is 5.95 Å². The van der Waals surface area contributed by atoms with E-state index in [1.54, 1.807) is 31.4 Å². The molecule has 0 saturated carbocycles. The lowest BCUT2D eigenvalue weighted by Crippen LogP contribution is -2.31. The van der Waals surface area contributed by atoms with Gasteiger partial charge in [-0.3, -0.25) is 9.48 Å². The molecule has 3 aromatic rings. The number of carbonyl (C=O) groups excluding carboxylic acids is 1. The number of rotatable bonds is 5. The summed E-state index contributed by atoms with van der Waals surface area (Å²) in [5.74, 6) is 0.688. The van der Waals surface area contributed by atoms with E-state index in [1.807, 2.05) is 19.0 Å². The predicted octanol–water partition coefficient (Wildman–Crippen LogP) is 3.32. The lowest BCUT2D eigenvalue weighted by Gasteiger charge is -2.28. The van der Waals surface area contributed by atoms with Crippen LogP contribution in [0.15, 0.2) is 36.5 Å². The number of anilines is 3. The molecule has 0 unspecified atom stereocenters. The Bertz CT molecular complexity index is 1070. The molecular formula is C22H26FN7O. The van der Waals surface area contributed by atoms with Gasteiger partial charge in [0.25, 0.3) is 5.91 Å². The Morgan fingerprint density at radius 1 is 1.13 bits per heavy atom. The Hall–Kier alpha value is -3.49. The molecule has 1 aliphatic rings. The van der Waals surface area contributed by atoms with Crippen LogP contribution in [0.3, 0.4) is 0 Å². The molecule has 0 bridgehead atoms. The summed E-state index contributed by atoms with van der Waals surface area (Å²) in [6.07, 6.45) is 5.16. The van der Waals surface area contributed by atoms with Crippen molar-refractivity contribution in [2.75, 3.05) is 42.3 Å². The van der Waals surface area contributed by atoms with Gasteiger partial charge in [-0.15, -0.1) is 0 Å². The maximum atomic E-state index is 13.2. The standard InChI is InChI=1S/C22H26FN7O/c1-28(2)20-18(14-24-22(26-20)30-11-5-4-6-12-30)25-21(31)19-13-17(27-29(19)3)15-7-9-16(23)10-8-15/h7-10,13-14H,4-6,11-12H2,1-3H3,(H,25,31). The first-order valence-corrected chi connectivity index (χ1v) is 10.3. The van der Waals surface area contributed by atoms with Crippen LogP contribution in [0, 0.1) is 5.82 Å². The molecule has 0 spiro atoms. The monoisotopic (exact) mass is 423 g/mol. The number of amides is 1. The Morgan fingerprint density at radius 3 is 2.52 bits per heavy atom. The minimum Gasteiger partial charge on any atom is -0.361 e. The van der Waals surface area contributed by atoms with Crippen molar-refractivity contribution in [3.05, 3.63) is 48.0 Å². The number of carbonyl (C=O) groups is 1. The van der Waals surface area contributed by atoms with Crippen molar-refractivity contribution >= 4 is 23.4 Å². The Labute approximate surface area is 180 Å². The van der Waals surface area contributed by atoms with E-state index < -0.39 is 0 Å². The van der Waals surface area contributed by atoms with Crippen molar-refractivity contribution in [1.29, 1.82) is 0 Å². The number of hydrogen-bond acceptors (Lipinski definition) is 6. The Balaban J connectivity index is 1.57. The molecule has 31 heavy (non-hydrogen) atoms. The van der Waals surface area contributed by atoms with Crippen LogP contribution in [0.2, 0.25) is 0 Å². The zero-order valence-electron chi connectivity index (χ0n) is 18.0. The van der Waals surface area contributed by atoms with Crippen LogP contribution >= 0.6 is 0 Å². The summed E-state index contributed by atoms with van der Waals surface area (Å²) in [5.41, 5.74) is 2.24. The van der Waals surface area contributed by atoms with E-state index >= 15 is 0 Å². The van der Waals surface area contributed by atoms with Gasteiger partial charge in [0.05, 0.1) is 11.9 Å². The number of piperidine rings is 1. The summed E-state index contributed by atoms with van der Waals surface area (Å²) in [5, 5.41) is 7.30. The average Bonchev–Trinajstić information content (AvgIpc) is 3.16. The van der Waals surface area contributed by atoms with E-state index in [2.05, 4.69) is 20.3 Å². The van der Waals surface area contributed by atoms with Crippen LogP contribution in [-0.4, -0.2) is 52.8 Å². The molecule has 1 N–H and O–H groups in total. The van der Waals surface area contributed by atoms with E-state index in [1.165, 1.54) is 23.2 Å². The van der Waals surface area contributed by atoms with Crippen molar-refractivity contribution in [2.45, 2.75) is 19.3 Å². The summed E-state index contributed by atoms with van der Waals surface area (Å²) < 4.78 is 14.7. The molecule has 8 nitrogen and oxygen atoms in total. The van der Waals surface area contributed by atoms with Crippen LogP contribution in [0.5, 0.6) is 0 Å². The fourth-order valence-corrected chi connectivity index (χ4v) is 3.67. The molecule has 4 rings (SSSR count). The Kier molecular flexibility index (Phi) is 5.83. The van der Waals surface area contributed by atoms with Gasteiger partial charge in [-0.2, -0.15) is 10.1 Å². The van der Waals surface area contributed by atoms with Gasteiger partial charge in [-0.25, -0.2) is 9.37 Å². The SMILES string of the molecule is CN(C)c1nc(N2CCCCC2)ncc1NC(=O)c1cc(-c2ccc(F)cc2)nn1C. The summed E-state index contributed by atoms with van der Waals surface area (Å²) in [4.78, 5) is 26.2. The van der Waals surface area contributed by atoms with Gasteiger partial charge >= 0.3 is 0 Å². The zero-order valence-corrected chi connectivity index (χ0v) is 18.0. The van der Waals surface area contributed by atoms with Crippen LogP contribution in [0.25, 0.3) is 11.3 Å². The second-order valence-corrected chi connectivity index (χ2v) is 7.85. The molecule has 1 fully saturated rings. The topological polar surface area (TPSA) is 79.2 Å². The fraction of sp³-hybridized carbons (Fsp3) is 0.364. The molecule has 0 atom stereocenters. The van der Waals surface area contributed by atoms with Crippen LogP contribution < -0.4 is 15.1 Å². The first kappa shape index (κ1) is 20.8. The second-order valence-electron chi connectivity index (χ2n) is 7.85. The fourth-order valence-electron chi connectivity index (χ4n) is 3.67. The van der Waals surface area contributed by atoms with Gasteiger partial charge in [0.15, 0.2) is 5.82 Å². The summed E-state index contributed by atoms with van der Waals surface area (Å²) in [6, 6.07) is 7.69. The van der Waals surface area contributed by atoms with Gasteiger partial charge in [-0.1, -0.05) is 0 Å². The second kappa shape index (κ2) is 8.71. The molecule has 2 aromatic heterocycles. The third kappa shape index (κ3) is 4.50. The number of benzene rings is 1. The number of halogens is 1. The third-order valence-corrected chi connectivity index (χ3v) is 5.32. The smallest absolute Gasteiger partial charge is 0.274 e. The van der Waals surface area contributed by atoms with Gasteiger partial charge in [0.1, 0.15) is 17.2 Å². The number of nitrogens with one attached hydrogen (secondary N) is 1. The van der Waals surface area contributed by atoms with Crippen LogP contribution in [-0.2, 0) is 7.05 Å². The highest BCUT2D eigenvalue weighted by atomic mass is 19.1. The normalized spacial score (nSPS) is 13.9.